The lowest BCUT2D eigenvalue weighted by Crippen LogP contribution is -2.45. The number of nitrogens with zero attached hydrogens (tertiary/aromatic N) is 1. The first kappa shape index (κ1) is 22.3. The maximum atomic E-state index is 13.4. The number of ether oxygens (including phenoxy) is 1. The molecule has 9 heteroatoms. The molecule has 0 aliphatic carbocycles. The summed E-state index contributed by atoms with van der Waals surface area (Å²) in [6.45, 7) is 4.44. The van der Waals surface area contributed by atoms with Crippen LogP contribution in [0.2, 0.25) is 0 Å². The monoisotopic (exact) mass is 457 g/mol. The van der Waals surface area contributed by atoms with E-state index in [1.807, 2.05) is 31.2 Å². The summed E-state index contributed by atoms with van der Waals surface area (Å²) >= 11 is 0. The Morgan fingerprint density at radius 3 is 2.84 bits per heavy atom. The van der Waals surface area contributed by atoms with E-state index in [1.54, 1.807) is 13.0 Å². The van der Waals surface area contributed by atoms with E-state index in [0.717, 1.165) is 11.1 Å². The number of carbonyl (C=O) groups excluding carboxylic acids is 2. The molecule has 2 aliphatic rings. The third-order valence-corrected chi connectivity index (χ3v) is 7.84. The van der Waals surface area contributed by atoms with E-state index in [9.17, 15) is 18.0 Å². The van der Waals surface area contributed by atoms with Gasteiger partial charge in [0, 0.05) is 25.7 Å². The van der Waals surface area contributed by atoms with Gasteiger partial charge in [-0.15, -0.1) is 0 Å². The first-order valence-corrected chi connectivity index (χ1v) is 12.1. The van der Waals surface area contributed by atoms with Gasteiger partial charge in [-0.1, -0.05) is 29.8 Å². The summed E-state index contributed by atoms with van der Waals surface area (Å²) in [5, 5.41) is 5.63. The second-order valence-electron chi connectivity index (χ2n) is 8.36. The van der Waals surface area contributed by atoms with Crippen molar-refractivity contribution in [1.29, 1.82) is 0 Å². The van der Waals surface area contributed by atoms with Crippen LogP contribution in [0.3, 0.4) is 0 Å². The number of carbonyl (C=O) groups is 2. The van der Waals surface area contributed by atoms with E-state index in [0.29, 0.717) is 42.9 Å². The average Bonchev–Trinajstić information content (AvgIpc) is 2.77. The number of anilines is 1. The molecule has 0 radical (unpaired) electrons. The molecular weight excluding hydrogens is 430 g/mol. The molecule has 4 rings (SSSR count). The molecular formula is C23H27N3O5S. The summed E-state index contributed by atoms with van der Waals surface area (Å²) in [6.07, 6.45) is 1.25. The lowest BCUT2D eigenvalue weighted by molar-refractivity contribution is -0.126. The highest BCUT2D eigenvalue weighted by molar-refractivity contribution is 7.89. The van der Waals surface area contributed by atoms with Gasteiger partial charge in [0.05, 0.1) is 16.5 Å². The zero-order valence-electron chi connectivity index (χ0n) is 18.2. The quantitative estimate of drug-likeness (QED) is 0.717. The van der Waals surface area contributed by atoms with Crippen molar-refractivity contribution in [3.05, 3.63) is 53.1 Å². The molecule has 0 spiro atoms. The fraction of sp³-hybridized carbons (Fsp3) is 0.391. The van der Waals surface area contributed by atoms with E-state index < -0.39 is 15.9 Å². The molecule has 2 aromatic rings. The fourth-order valence-corrected chi connectivity index (χ4v) is 5.91. The van der Waals surface area contributed by atoms with Crippen LogP contribution in [0.1, 0.15) is 29.5 Å². The van der Waals surface area contributed by atoms with Crippen LogP contribution in [0.15, 0.2) is 41.3 Å². The molecule has 1 fully saturated rings. The highest BCUT2D eigenvalue weighted by Crippen LogP contribution is 2.35. The van der Waals surface area contributed by atoms with Crippen LogP contribution in [0.4, 0.5) is 5.69 Å². The summed E-state index contributed by atoms with van der Waals surface area (Å²) in [5.74, 6) is -0.488. The minimum absolute atomic E-state index is 0.133. The average molecular weight is 458 g/mol. The third-order valence-electron chi connectivity index (χ3n) is 5.83. The number of rotatable bonds is 5. The van der Waals surface area contributed by atoms with Crippen molar-refractivity contribution in [2.24, 2.45) is 5.92 Å². The third kappa shape index (κ3) is 4.63. The zero-order chi connectivity index (χ0) is 22.9. The highest BCUT2D eigenvalue weighted by Gasteiger charge is 2.35. The molecule has 0 saturated carbocycles. The van der Waals surface area contributed by atoms with E-state index in [4.69, 9.17) is 4.74 Å². The van der Waals surface area contributed by atoms with Crippen LogP contribution in [0.5, 0.6) is 5.75 Å². The summed E-state index contributed by atoms with van der Waals surface area (Å²) in [6, 6.07) is 11.0. The van der Waals surface area contributed by atoms with Crippen LogP contribution in [0.25, 0.3) is 0 Å². The number of amides is 2. The van der Waals surface area contributed by atoms with E-state index >= 15 is 0 Å². The first-order chi connectivity index (χ1) is 15.2. The Morgan fingerprint density at radius 1 is 1.25 bits per heavy atom. The van der Waals surface area contributed by atoms with Crippen molar-refractivity contribution >= 4 is 27.5 Å². The van der Waals surface area contributed by atoms with Crippen LogP contribution in [-0.2, 0) is 26.2 Å². The maximum absolute atomic E-state index is 13.4. The number of benzene rings is 2. The first-order valence-electron chi connectivity index (χ1n) is 10.6. The maximum Gasteiger partial charge on any atom is 0.262 e. The SMILES string of the molecule is Cc1cccc(CNC(=O)[C@@H]2CCCN(S(=O)(=O)c3cc4c(cc3C)NC(=O)CO4)C2)c1. The number of sulfonamides is 1. The van der Waals surface area contributed by atoms with Gasteiger partial charge in [-0.05, 0) is 43.9 Å². The smallest absolute Gasteiger partial charge is 0.262 e. The molecule has 0 aromatic heterocycles. The summed E-state index contributed by atoms with van der Waals surface area (Å²) in [4.78, 5) is 24.4. The summed E-state index contributed by atoms with van der Waals surface area (Å²) in [5.41, 5.74) is 3.11. The Kier molecular flexibility index (Phi) is 6.21. The summed E-state index contributed by atoms with van der Waals surface area (Å²) < 4.78 is 33.6. The second-order valence-corrected chi connectivity index (χ2v) is 10.3. The minimum atomic E-state index is -3.82. The van der Waals surface area contributed by atoms with Crippen molar-refractivity contribution in [2.75, 3.05) is 25.0 Å². The van der Waals surface area contributed by atoms with Gasteiger partial charge in [0.2, 0.25) is 15.9 Å². The standard InChI is InChI=1S/C23H27N3O5S/c1-15-5-3-6-17(9-15)12-24-23(28)18-7-4-8-26(13-18)32(29,30)21-11-20-19(10-16(21)2)25-22(27)14-31-20/h3,5-6,9-11,18H,4,7-8,12-14H2,1-2H3,(H,24,28)(H,25,27)/t18-/m1/s1. The largest absolute Gasteiger partial charge is 0.482 e. The highest BCUT2D eigenvalue weighted by atomic mass is 32.2. The fourth-order valence-electron chi connectivity index (χ4n) is 4.16. The molecule has 2 aromatic carbocycles. The molecule has 2 heterocycles. The van der Waals surface area contributed by atoms with Crippen LogP contribution < -0.4 is 15.4 Å². The molecule has 8 nitrogen and oxygen atoms in total. The Morgan fingerprint density at radius 2 is 2.06 bits per heavy atom. The van der Waals surface area contributed by atoms with Gasteiger partial charge in [-0.2, -0.15) is 4.31 Å². The van der Waals surface area contributed by atoms with E-state index in [2.05, 4.69) is 10.6 Å². The van der Waals surface area contributed by atoms with Crippen LogP contribution in [0, 0.1) is 19.8 Å². The Balaban J connectivity index is 1.47. The molecule has 2 aliphatic heterocycles. The Hall–Kier alpha value is -2.91. The Bertz CT molecular complexity index is 1160. The molecule has 2 N–H and O–H groups in total. The molecule has 170 valence electrons. The molecule has 0 bridgehead atoms. The lowest BCUT2D eigenvalue weighted by Gasteiger charge is -2.32. The zero-order valence-corrected chi connectivity index (χ0v) is 19.0. The summed E-state index contributed by atoms with van der Waals surface area (Å²) in [7, 11) is -3.82. The number of fused-ring (bicyclic) bond motifs is 1. The molecule has 1 atom stereocenters. The minimum Gasteiger partial charge on any atom is -0.482 e. The van der Waals surface area contributed by atoms with Gasteiger partial charge < -0.3 is 15.4 Å². The van der Waals surface area contributed by atoms with Crippen molar-refractivity contribution in [1.82, 2.24) is 9.62 Å². The predicted octanol–water partition coefficient (Wildman–Crippen LogP) is 2.35. The predicted molar refractivity (Wildman–Crippen MR) is 120 cm³/mol. The molecule has 32 heavy (non-hydrogen) atoms. The van der Waals surface area contributed by atoms with Gasteiger partial charge in [0.1, 0.15) is 5.75 Å². The van der Waals surface area contributed by atoms with Gasteiger partial charge in [-0.3, -0.25) is 9.59 Å². The van der Waals surface area contributed by atoms with Gasteiger partial charge in [-0.25, -0.2) is 8.42 Å². The van der Waals surface area contributed by atoms with Crippen molar-refractivity contribution in [2.45, 2.75) is 38.1 Å². The molecule has 0 unspecified atom stereocenters. The number of aryl methyl sites for hydroxylation is 2. The lowest BCUT2D eigenvalue weighted by atomic mass is 9.98. The Labute approximate surface area is 188 Å². The number of hydrogen-bond acceptors (Lipinski definition) is 5. The topological polar surface area (TPSA) is 105 Å². The second kappa shape index (κ2) is 8.91. The normalized spacial score (nSPS) is 18.9. The van der Waals surface area contributed by atoms with Gasteiger partial charge in [0.25, 0.3) is 5.91 Å². The van der Waals surface area contributed by atoms with Crippen LogP contribution in [-0.4, -0.2) is 44.2 Å². The number of nitrogens with one attached hydrogen (secondary N) is 2. The number of hydrogen-bond donors (Lipinski definition) is 2. The van der Waals surface area contributed by atoms with E-state index in [-0.39, 0.29) is 29.9 Å². The van der Waals surface area contributed by atoms with Crippen LogP contribution >= 0.6 is 0 Å². The van der Waals surface area contributed by atoms with Crippen molar-refractivity contribution in [3.63, 3.8) is 0 Å². The van der Waals surface area contributed by atoms with Crippen molar-refractivity contribution in [3.8, 4) is 5.75 Å². The van der Waals surface area contributed by atoms with Gasteiger partial charge >= 0.3 is 0 Å². The number of piperidine rings is 1. The molecule has 1 saturated heterocycles. The molecule has 2 amide bonds. The van der Waals surface area contributed by atoms with Gasteiger partial charge in [0.15, 0.2) is 6.61 Å². The van der Waals surface area contributed by atoms with Crippen molar-refractivity contribution < 1.29 is 22.7 Å². The van der Waals surface area contributed by atoms with E-state index in [1.165, 1.54) is 10.4 Å².